The van der Waals surface area contributed by atoms with Gasteiger partial charge in [0.15, 0.2) is 0 Å². The topological polar surface area (TPSA) is 29.9 Å². The average molecular weight is 371 g/mol. The summed E-state index contributed by atoms with van der Waals surface area (Å²) in [6.07, 6.45) is 1.94. The average Bonchev–Trinajstić information content (AvgIpc) is 2.74. The molecule has 0 saturated heterocycles. The molecule has 0 saturated carbocycles. The van der Waals surface area contributed by atoms with Gasteiger partial charge in [-0.15, -0.1) is 0 Å². The van der Waals surface area contributed by atoms with Gasteiger partial charge in [0.1, 0.15) is 0 Å². The third-order valence-electron chi connectivity index (χ3n) is 3.41. The van der Waals surface area contributed by atoms with Gasteiger partial charge in [-0.2, -0.15) is 5.10 Å². The smallest absolute Gasteiger partial charge is 0.0677 e. The fourth-order valence-electron chi connectivity index (χ4n) is 2.12. The van der Waals surface area contributed by atoms with Crippen LogP contribution >= 0.6 is 27.5 Å². The van der Waals surface area contributed by atoms with Crippen LogP contribution in [0, 0.1) is 12.8 Å². The van der Waals surface area contributed by atoms with Gasteiger partial charge >= 0.3 is 0 Å². The number of rotatable bonds is 6. The maximum atomic E-state index is 6.27. The molecule has 3 nitrogen and oxygen atoms in total. The summed E-state index contributed by atoms with van der Waals surface area (Å²) in [6.45, 7) is 9.09. The van der Waals surface area contributed by atoms with Crippen molar-refractivity contribution in [1.82, 2.24) is 15.1 Å². The Labute approximate surface area is 139 Å². The first-order valence-electron chi connectivity index (χ1n) is 7.13. The first-order chi connectivity index (χ1) is 9.97. The van der Waals surface area contributed by atoms with E-state index in [1.54, 1.807) is 0 Å². The van der Waals surface area contributed by atoms with Crippen LogP contribution < -0.4 is 5.32 Å². The third kappa shape index (κ3) is 4.56. The van der Waals surface area contributed by atoms with Gasteiger partial charge in [-0.3, -0.25) is 4.68 Å². The Hall–Kier alpha value is -0.840. The van der Waals surface area contributed by atoms with Crippen LogP contribution in [0.5, 0.6) is 0 Å². The molecule has 0 bridgehead atoms. The summed E-state index contributed by atoms with van der Waals surface area (Å²) in [5.41, 5.74) is 3.50. The van der Waals surface area contributed by atoms with Crippen LogP contribution in [-0.2, 0) is 13.1 Å². The fraction of sp³-hybridized carbons (Fsp3) is 0.438. The van der Waals surface area contributed by atoms with Gasteiger partial charge in [0.05, 0.1) is 12.7 Å². The zero-order chi connectivity index (χ0) is 15.4. The Balaban J connectivity index is 2.06. The second-order valence-electron chi connectivity index (χ2n) is 5.67. The van der Waals surface area contributed by atoms with E-state index in [-0.39, 0.29) is 0 Å². The van der Waals surface area contributed by atoms with Crippen LogP contribution in [0.2, 0.25) is 5.02 Å². The van der Waals surface area contributed by atoms with Gasteiger partial charge in [0.2, 0.25) is 0 Å². The van der Waals surface area contributed by atoms with Crippen LogP contribution in [0.3, 0.4) is 0 Å². The van der Waals surface area contributed by atoms with E-state index in [2.05, 4.69) is 47.1 Å². The SMILES string of the molecule is Cc1c(CNCC(C)C)cnn1Cc1ccc(Br)cc1Cl. The maximum absolute atomic E-state index is 6.27. The highest BCUT2D eigenvalue weighted by Gasteiger charge is 2.09. The number of benzene rings is 1. The Kier molecular flexibility index (Phi) is 5.85. The van der Waals surface area contributed by atoms with Crippen LogP contribution in [0.1, 0.15) is 30.7 Å². The third-order valence-corrected chi connectivity index (χ3v) is 4.25. The molecule has 1 aromatic carbocycles. The van der Waals surface area contributed by atoms with Crippen molar-refractivity contribution in [3.63, 3.8) is 0 Å². The fourth-order valence-corrected chi connectivity index (χ4v) is 2.86. The molecular weight excluding hydrogens is 350 g/mol. The lowest BCUT2D eigenvalue weighted by Crippen LogP contribution is -2.19. The van der Waals surface area contributed by atoms with Crippen molar-refractivity contribution in [3.8, 4) is 0 Å². The number of halogens is 2. The molecule has 114 valence electrons. The van der Waals surface area contributed by atoms with E-state index in [9.17, 15) is 0 Å². The number of nitrogens with zero attached hydrogens (tertiary/aromatic N) is 2. The standard InChI is InChI=1S/C16H21BrClN3/c1-11(2)7-19-8-14-9-20-21(12(14)3)10-13-4-5-15(17)6-16(13)18/h4-6,9,11,19H,7-8,10H2,1-3H3. The van der Waals surface area contributed by atoms with E-state index in [4.69, 9.17) is 11.6 Å². The second-order valence-corrected chi connectivity index (χ2v) is 7.00. The molecule has 1 aromatic heterocycles. The molecule has 1 N–H and O–H groups in total. The summed E-state index contributed by atoms with van der Waals surface area (Å²) in [5, 5.41) is 8.69. The molecule has 0 unspecified atom stereocenters. The highest BCUT2D eigenvalue weighted by molar-refractivity contribution is 9.10. The first kappa shape index (κ1) is 16.5. The van der Waals surface area contributed by atoms with E-state index in [0.29, 0.717) is 12.5 Å². The summed E-state index contributed by atoms with van der Waals surface area (Å²) < 4.78 is 2.99. The van der Waals surface area contributed by atoms with Gasteiger partial charge in [-0.05, 0) is 37.1 Å². The van der Waals surface area contributed by atoms with Crippen molar-refractivity contribution in [2.75, 3.05) is 6.54 Å². The molecule has 21 heavy (non-hydrogen) atoms. The molecule has 5 heteroatoms. The lowest BCUT2D eigenvalue weighted by atomic mass is 10.2. The van der Waals surface area contributed by atoms with Gasteiger partial charge < -0.3 is 5.32 Å². The van der Waals surface area contributed by atoms with Crippen molar-refractivity contribution in [3.05, 3.63) is 50.7 Å². The molecule has 1 heterocycles. The molecule has 0 amide bonds. The van der Waals surface area contributed by atoms with E-state index < -0.39 is 0 Å². The van der Waals surface area contributed by atoms with Crippen molar-refractivity contribution in [1.29, 1.82) is 0 Å². The zero-order valence-corrected chi connectivity index (χ0v) is 15.0. The normalized spacial score (nSPS) is 11.3. The summed E-state index contributed by atoms with van der Waals surface area (Å²) in [4.78, 5) is 0. The number of aromatic nitrogens is 2. The molecule has 0 aliphatic carbocycles. The van der Waals surface area contributed by atoms with Crippen molar-refractivity contribution < 1.29 is 0 Å². The lowest BCUT2D eigenvalue weighted by molar-refractivity contribution is 0.551. The van der Waals surface area contributed by atoms with Crippen LogP contribution in [-0.4, -0.2) is 16.3 Å². The minimum atomic E-state index is 0.655. The zero-order valence-electron chi connectivity index (χ0n) is 12.7. The lowest BCUT2D eigenvalue weighted by Gasteiger charge is -2.09. The van der Waals surface area contributed by atoms with Gasteiger partial charge in [-0.25, -0.2) is 0 Å². The van der Waals surface area contributed by atoms with Gasteiger partial charge in [-0.1, -0.05) is 47.4 Å². The quantitative estimate of drug-likeness (QED) is 0.816. The van der Waals surface area contributed by atoms with Crippen molar-refractivity contribution >= 4 is 27.5 Å². The maximum Gasteiger partial charge on any atom is 0.0677 e. The number of hydrogen-bond donors (Lipinski definition) is 1. The molecule has 2 rings (SSSR count). The summed E-state index contributed by atoms with van der Waals surface area (Å²) in [7, 11) is 0. The van der Waals surface area contributed by atoms with E-state index in [0.717, 1.165) is 28.1 Å². The summed E-state index contributed by atoms with van der Waals surface area (Å²) in [6, 6.07) is 5.95. The Morgan fingerprint density at radius 3 is 2.76 bits per heavy atom. The molecule has 2 aromatic rings. The highest BCUT2D eigenvalue weighted by Crippen LogP contribution is 2.22. The predicted molar refractivity (Wildman–Crippen MR) is 91.8 cm³/mol. The van der Waals surface area contributed by atoms with Crippen molar-refractivity contribution in [2.45, 2.75) is 33.9 Å². The minimum absolute atomic E-state index is 0.655. The van der Waals surface area contributed by atoms with Crippen LogP contribution in [0.15, 0.2) is 28.9 Å². The molecular formula is C16H21BrClN3. The van der Waals surface area contributed by atoms with Gasteiger partial charge in [0.25, 0.3) is 0 Å². The van der Waals surface area contributed by atoms with Crippen LogP contribution in [0.25, 0.3) is 0 Å². The van der Waals surface area contributed by atoms with E-state index in [1.165, 1.54) is 11.3 Å². The Bertz CT molecular complexity index is 608. The molecule has 0 radical (unpaired) electrons. The Morgan fingerprint density at radius 2 is 2.10 bits per heavy atom. The monoisotopic (exact) mass is 369 g/mol. The van der Waals surface area contributed by atoms with E-state index >= 15 is 0 Å². The summed E-state index contributed by atoms with van der Waals surface area (Å²) in [5.74, 6) is 0.655. The highest BCUT2D eigenvalue weighted by atomic mass is 79.9. The summed E-state index contributed by atoms with van der Waals surface area (Å²) >= 11 is 9.70. The Morgan fingerprint density at radius 1 is 1.33 bits per heavy atom. The van der Waals surface area contributed by atoms with Crippen molar-refractivity contribution in [2.24, 2.45) is 5.92 Å². The first-order valence-corrected chi connectivity index (χ1v) is 8.30. The van der Waals surface area contributed by atoms with Crippen LogP contribution in [0.4, 0.5) is 0 Å². The molecule has 0 aliphatic rings. The molecule has 0 atom stereocenters. The largest absolute Gasteiger partial charge is 0.312 e. The van der Waals surface area contributed by atoms with Gasteiger partial charge in [0, 0.05) is 27.3 Å². The predicted octanol–water partition coefficient (Wildman–Crippen LogP) is 4.40. The minimum Gasteiger partial charge on any atom is -0.312 e. The molecule has 0 aliphatic heterocycles. The molecule has 0 fully saturated rings. The number of nitrogens with one attached hydrogen (secondary N) is 1. The number of hydrogen-bond acceptors (Lipinski definition) is 2. The molecule has 0 spiro atoms. The second kappa shape index (κ2) is 7.43. The van der Waals surface area contributed by atoms with E-state index in [1.807, 2.05) is 29.1 Å².